The first-order valence-electron chi connectivity index (χ1n) is 6.29. The van der Waals surface area contributed by atoms with E-state index in [2.05, 4.69) is 15.2 Å². The number of piperazine rings is 1. The summed E-state index contributed by atoms with van der Waals surface area (Å²) in [6.07, 6.45) is 1.68. The Balaban J connectivity index is 1.97. The van der Waals surface area contributed by atoms with E-state index in [1.54, 1.807) is 18.3 Å². The molecule has 7 nitrogen and oxygen atoms in total. The lowest BCUT2D eigenvalue weighted by molar-refractivity contribution is -0.391. The first-order chi connectivity index (χ1) is 9.25. The average molecular weight is 261 g/mol. The topological polar surface area (TPSA) is 75.7 Å². The third-order valence-electron chi connectivity index (χ3n) is 3.33. The van der Waals surface area contributed by atoms with Crippen molar-refractivity contribution in [3.63, 3.8) is 0 Å². The second kappa shape index (κ2) is 4.94. The van der Waals surface area contributed by atoms with Crippen LogP contribution in [-0.2, 0) is 6.54 Å². The predicted octanol–water partition coefficient (Wildman–Crippen LogP) is 0.648. The average Bonchev–Trinajstić information content (AvgIpc) is 2.77. The van der Waals surface area contributed by atoms with E-state index in [4.69, 9.17) is 0 Å². The molecule has 0 saturated carbocycles. The van der Waals surface area contributed by atoms with E-state index in [1.165, 1.54) is 4.40 Å². The van der Waals surface area contributed by atoms with Crippen molar-refractivity contribution in [2.75, 3.05) is 26.2 Å². The molecule has 0 radical (unpaired) electrons. The van der Waals surface area contributed by atoms with E-state index in [0.717, 1.165) is 26.2 Å². The Morgan fingerprint density at radius 1 is 1.37 bits per heavy atom. The zero-order chi connectivity index (χ0) is 13.2. The number of nitrogens with zero attached hydrogens (tertiary/aromatic N) is 4. The summed E-state index contributed by atoms with van der Waals surface area (Å²) in [6, 6.07) is 5.39. The molecule has 0 unspecified atom stereocenters. The maximum Gasteiger partial charge on any atom is 0.352 e. The van der Waals surface area contributed by atoms with Gasteiger partial charge in [0.15, 0.2) is 5.69 Å². The Kier molecular flexibility index (Phi) is 3.14. The zero-order valence-corrected chi connectivity index (χ0v) is 10.5. The van der Waals surface area contributed by atoms with Crippen molar-refractivity contribution in [3.8, 4) is 0 Å². The minimum atomic E-state index is -0.350. The molecule has 2 aromatic rings. The molecule has 100 valence electrons. The third-order valence-corrected chi connectivity index (χ3v) is 3.33. The van der Waals surface area contributed by atoms with Crippen LogP contribution in [0, 0.1) is 10.1 Å². The van der Waals surface area contributed by atoms with Gasteiger partial charge >= 0.3 is 5.82 Å². The SMILES string of the molecule is O=[N+]([O-])c1c(CN2CCNCC2)nc2ccccn12. The maximum atomic E-state index is 11.3. The number of nitro groups is 1. The van der Waals surface area contributed by atoms with Crippen molar-refractivity contribution in [2.45, 2.75) is 6.54 Å². The highest BCUT2D eigenvalue weighted by atomic mass is 16.6. The molecule has 0 aliphatic carbocycles. The Morgan fingerprint density at radius 2 is 2.16 bits per heavy atom. The number of aromatic nitrogens is 2. The van der Waals surface area contributed by atoms with Gasteiger partial charge in [-0.1, -0.05) is 6.07 Å². The molecular weight excluding hydrogens is 246 g/mol. The molecule has 0 atom stereocenters. The number of imidazole rings is 1. The van der Waals surface area contributed by atoms with Gasteiger partial charge in [-0.25, -0.2) is 4.98 Å². The first-order valence-corrected chi connectivity index (χ1v) is 6.29. The predicted molar refractivity (Wildman–Crippen MR) is 70.0 cm³/mol. The van der Waals surface area contributed by atoms with Gasteiger partial charge in [0, 0.05) is 38.8 Å². The molecule has 1 saturated heterocycles. The minimum absolute atomic E-state index is 0.0779. The molecule has 0 amide bonds. The summed E-state index contributed by atoms with van der Waals surface area (Å²) in [6.45, 7) is 4.15. The molecule has 1 aliphatic rings. The highest BCUT2D eigenvalue weighted by molar-refractivity contribution is 5.48. The second-order valence-electron chi connectivity index (χ2n) is 4.59. The molecule has 0 spiro atoms. The molecule has 0 bridgehead atoms. The largest absolute Gasteiger partial charge is 0.358 e. The van der Waals surface area contributed by atoms with Crippen LogP contribution in [0.5, 0.6) is 0 Å². The fourth-order valence-corrected chi connectivity index (χ4v) is 2.41. The van der Waals surface area contributed by atoms with Crippen molar-refractivity contribution < 1.29 is 4.92 Å². The summed E-state index contributed by atoms with van der Waals surface area (Å²) < 4.78 is 1.54. The molecule has 1 aliphatic heterocycles. The molecule has 19 heavy (non-hydrogen) atoms. The van der Waals surface area contributed by atoms with Crippen LogP contribution in [0.1, 0.15) is 5.69 Å². The summed E-state index contributed by atoms with van der Waals surface area (Å²) in [5.74, 6) is 0.0779. The van der Waals surface area contributed by atoms with Crippen molar-refractivity contribution in [2.24, 2.45) is 0 Å². The van der Waals surface area contributed by atoms with Crippen LogP contribution in [0.15, 0.2) is 24.4 Å². The summed E-state index contributed by atoms with van der Waals surface area (Å²) >= 11 is 0. The number of pyridine rings is 1. The van der Waals surface area contributed by atoms with Gasteiger partial charge in [-0.05, 0) is 11.0 Å². The van der Waals surface area contributed by atoms with E-state index < -0.39 is 0 Å². The quantitative estimate of drug-likeness (QED) is 0.648. The van der Waals surface area contributed by atoms with Gasteiger partial charge in [-0.2, -0.15) is 4.40 Å². The van der Waals surface area contributed by atoms with Gasteiger partial charge in [0.05, 0.1) is 6.20 Å². The van der Waals surface area contributed by atoms with Crippen LogP contribution in [0.4, 0.5) is 5.82 Å². The summed E-state index contributed by atoms with van der Waals surface area (Å²) in [5.41, 5.74) is 1.16. The maximum absolute atomic E-state index is 11.3. The summed E-state index contributed by atoms with van der Waals surface area (Å²) in [7, 11) is 0. The molecule has 2 aromatic heterocycles. The molecule has 1 N–H and O–H groups in total. The first kappa shape index (κ1) is 12.1. The molecular formula is C12H15N5O2. The van der Waals surface area contributed by atoms with Gasteiger partial charge in [0.2, 0.25) is 5.65 Å². The van der Waals surface area contributed by atoms with Crippen LogP contribution in [0.2, 0.25) is 0 Å². The van der Waals surface area contributed by atoms with Crippen molar-refractivity contribution in [3.05, 3.63) is 40.2 Å². The zero-order valence-electron chi connectivity index (χ0n) is 10.5. The van der Waals surface area contributed by atoms with E-state index in [0.29, 0.717) is 17.9 Å². The fraction of sp³-hybridized carbons (Fsp3) is 0.417. The number of nitrogens with one attached hydrogen (secondary N) is 1. The van der Waals surface area contributed by atoms with Crippen molar-refractivity contribution in [1.29, 1.82) is 0 Å². The second-order valence-corrected chi connectivity index (χ2v) is 4.59. The lowest BCUT2D eigenvalue weighted by Crippen LogP contribution is -2.43. The molecule has 3 heterocycles. The third kappa shape index (κ3) is 2.29. The number of fused-ring (bicyclic) bond motifs is 1. The highest BCUT2D eigenvalue weighted by Crippen LogP contribution is 2.21. The lowest BCUT2D eigenvalue weighted by Gasteiger charge is -2.26. The van der Waals surface area contributed by atoms with Crippen LogP contribution >= 0.6 is 0 Å². The number of hydrogen-bond donors (Lipinski definition) is 1. The van der Waals surface area contributed by atoms with Gasteiger partial charge in [-0.3, -0.25) is 4.90 Å². The van der Waals surface area contributed by atoms with Crippen molar-refractivity contribution >= 4 is 11.5 Å². The molecule has 1 fully saturated rings. The van der Waals surface area contributed by atoms with Crippen molar-refractivity contribution in [1.82, 2.24) is 19.6 Å². The van der Waals surface area contributed by atoms with E-state index in [9.17, 15) is 10.1 Å². The fourth-order valence-electron chi connectivity index (χ4n) is 2.41. The van der Waals surface area contributed by atoms with Gasteiger partial charge in [0.1, 0.15) is 0 Å². The Hall–Kier alpha value is -1.99. The van der Waals surface area contributed by atoms with Gasteiger partial charge in [-0.15, -0.1) is 0 Å². The Morgan fingerprint density at radius 3 is 2.89 bits per heavy atom. The summed E-state index contributed by atoms with van der Waals surface area (Å²) in [5, 5.41) is 14.5. The van der Waals surface area contributed by atoms with Gasteiger partial charge in [0.25, 0.3) is 0 Å². The number of rotatable bonds is 3. The number of hydrogen-bond acceptors (Lipinski definition) is 5. The normalized spacial score (nSPS) is 16.8. The van der Waals surface area contributed by atoms with Crippen LogP contribution in [0.25, 0.3) is 5.65 Å². The minimum Gasteiger partial charge on any atom is -0.358 e. The Bertz CT molecular complexity index is 603. The van der Waals surface area contributed by atoms with E-state index >= 15 is 0 Å². The van der Waals surface area contributed by atoms with Crippen LogP contribution < -0.4 is 5.32 Å². The molecule has 7 heteroatoms. The monoisotopic (exact) mass is 261 g/mol. The summed E-state index contributed by atoms with van der Waals surface area (Å²) in [4.78, 5) is 17.5. The molecule has 3 rings (SSSR count). The van der Waals surface area contributed by atoms with Gasteiger partial charge < -0.3 is 15.4 Å². The van der Waals surface area contributed by atoms with Crippen LogP contribution in [0.3, 0.4) is 0 Å². The Labute approximate surface area is 110 Å². The van der Waals surface area contributed by atoms with E-state index in [-0.39, 0.29) is 10.7 Å². The van der Waals surface area contributed by atoms with Crippen LogP contribution in [-0.4, -0.2) is 45.4 Å². The highest BCUT2D eigenvalue weighted by Gasteiger charge is 2.24. The smallest absolute Gasteiger partial charge is 0.352 e. The lowest BCUT2D eigenvalue weighted by atomic mass is 10.3. The standard InChI is InChI=1S/C12H15N5O2/c18-17(19)12-10(9-15-7-4-13-5-8-15)14-11-3-1-2-6-16(11)12/h1-3,6,13H,4-5,7-9H2. The van der Waals surface area contributed by atoms with E-state index in [1.807, 2.05) is 6.07 Å². The molecule has 0 aromatic carbocycles.